The fraction of sp³-hybridized carbons (Fsp3) is 0.619. The summed E-state index contributed by atoms with van der Waals surface area (Å²) in [5.74, 6) is 0. The Balaban J connectivity index is 2.35. The quantitative estimate of drug-likeness (QED) is 0.400. The fourth-order valence-electron chi connectivity index (χ4n) is 3.10. The molecule has 0 N–H and O–H groups in total. The molecule has 0 radical (unpaired) electrons. The minimum absolute atomic E-state index is 0.0804. The summed E-state index contributed by atoms with van der Waals surface area (Å²) < 4.78 is 36.5. The number of aryl methyl sites for hydroxylation is 1. The molecule has 1 heterocycles. The van der Waals surface area contributed by atoms with Crippen LogP contribution in [0.3, 0.4) is 0 Å². The van der Waals surface area contributed by atoms with E-state index in [0.717, 1.165) is 22.1 Å². The Kier molecular flexibility index (Phi) is 7.67. The van der Waals surface area contributed by atoms with Gasteiger partial charge >= 0.3 is 0 Å². The van der Waals surface area contributed by atoms with Crippen molar-refractivity contribution in [3.8, 4) is 0 Å². The lowest BCUT2D eigenvalue weighted by Crippen LogP contribution is -2.47. The van der Waals surface area contributed by atoms with E-state index >= 15 is 0 Å². The summed E-state index contributed by atoms with van der Waals surface area (Å²) >= 11 is 7.44. The maximum atomic E-state index is 13.6. The number of hydrogen-bond donors (Lipinski definition) is 0. The first-order valence-corrected chi connectivity index (χ1v) is 15.6. The van der Waals surface area contributed by atoms with Crippen molar-refractivity contribution in [1.29, 1.82) is 0 Å². The second-order valence-corrected chi connectivity index (χ2v) is 17.6. The van der Waals surface area contributed by atoms with Gasteiger partial charge in [-0.05, 0) is 67.5 Å². The van der Waals surface area contributed by atoms with Crippen LogP contribution >= 0.6 is 22.9 Å². The average Bonchev–Trinajstić information content (AvgIpc) is 2.90. The molecule has 0 saturated heterocycles. The summed E-state index contributed by atoms with van der Waals surface area (Å²) in [6.45, 7) is 17.6. The average molecular weight is 476 g/mol. The molecule has 1 aromatic carbocycles. The van der Waals surface area contributed by atoms with Crippen molar-refractivity contribution in [2.45, 2.75) is 76.4 Å². The van der Waals surface area contributed by atoms with E-state index in [9.17, 15) is 8.42 Å². The largest absolute Gasteiger partial charge is 0.413 e. The van der Waals surface area contributed by atoms with Gasteiger partial charge in [0.1, 0.15) is 4.21 Å². The highest BCUT2D eigenvalue weighted by molar-refractivity contribution is 7.91. The summed E-state index contributed by atoms with van der Waals surface area (Å²) in [4.78, 5) is 0. The summed E-state index contributed by atoms with van der Waals surface area (Å²) in [6.07, 6.45) is 0.586. The summed E-state index contributed by atoms with van der Waals surface area (Å²) in [5, 5.41) is 1.60. The topological polar surface area (TPSA) is 46.6 Å². The number of nitrogens with zero attached hydrogens (tertiary/aromatic N) is 1. The zero-order valence-electron chi connectivity index (χ0n) is 18.8. The van der Waals surface area contributed by atoms with Gasteiger partial charge in [-0.15, -0.1) is 11.3 Å². The number of halogens is 1. The van der Waals surface area contributed by atoms with E-state index in [1.807, 2.05) is 32.9 Å². The van der Waals surface area contributed by atoms with Gasteiger partial charge in [0.2, 0.25) is 0 Å². The van der Waals surface area contributed by atoms with E-state index in [2.05, 4.69) is 33.9 Å². The fourth-order valence-corrected chi connectivity index (χ4v) is 8.19. The predicted molar refractivity (Wildman–Crippen MR) is 128 cm³/mol. The number of benzene rings is 1. The first-order chi connectivity index (χ1) is 13.2. The van der Waals surface area contributed by atoms with Gasteiger partial charge in [0.25, 0.3) is 10.0 Å². The molecule has 1 unspecified atom stereocenters. The van der Waals surface area contributed by atoms with Gasteiger partial charge in [-0.25, -0.2) is 8.42 Å². The molecule has 0 bridgehead atoms. The van der Waals surface area contributed by atoms with Crippen molar-refractivity contribution in [2.75, 3.05) is 13.1 Å². The van der Waals surface area contributed by atoms with Gasteiger partial charge in [-0.1, -0.05) is 39.3 Å². The zero-order valence-corrected chi connectivity index (χ0v) is 22.2. The molecule has 0 fully saturated rings. The van der Waals surface area contributed by atoms with Crippen molar-refractivity contribution >= 4 is 51.4 Å². The first-order valence-electron chi connectivity index (χ1n) is 10.1. The molecule has 8 heteroatoms. The molecule has 2 rings (SSSR count). The van der Waals surface area contributed by atoms with Crippen molar-refractivity contribution in [2.24, 2.45) is 0 Å². The normalized spacial score (nSPS) is 14.7. The number of sulfonamides is 1. The monoisotopic (exact) mass is 475 g/mol. The van der Waals surface area contributed by atoms with Gasteiger partial charge in [0.05, 0.1) is 6.10 Å². The van der Waals surface area contributed by atoms with Crippen LogP contribution in [0.4, 0.5) is 0 Å². The van der Waals surface area contributed by atoms with E-state index < -0.39 is 18.3 Å². The van der Waals surface area contributed by atoms with E-state index in [0.29, 0.717) is 22.3 Å². The van der Waals surface area contributed by atoms with Crippen molar-refractivity contribution in [3.05, 3.63) is 28.8 Å². The molecule has 29 heavy (non-hydrogen) atoms. The summed E-state index contributed by atoms with van der Waals surface area (Å²) in [7, 11) is -5.58. The van der Waals surface area contributed by atoms with Crippen LogP contribution in [0.1, 0.15) is 46.6 Å². The van der Waals surface area contributed by atoms with Crippen LogP contribution in [0.15, 0.2) is 22.4 Å². The zero-order chi connectivity index (χ0) is 22.2. The highest BCUT2D eigenvalue weighted by Crippen LogP contribution is 2.39. The van der Waals surface area contributed by atoms with Gasteiger partial charge in [0.15, 0.2) is 8.32 Å². The molecule has 0 saturated carbocycles. The van der Waals surface area contributed by atoms with E-state index in [-0.39, 0.29) is 11.1 Å². The standard InChI is InChI=1S/C21H34ClNO3S2Si/c1-9-12-23(14-15(2)26-29(7,8)21(4,5)6)28(24,25)20-16(3)18-13-17(22)10-11-19(18)27-20/h10-11,13,15H,9,12,14H2,1-8H3. The van der Waals surface area contributed by atoms with Crippen LogP contribution in [0.25, 0.3) is 10.1 Å². The lowest BCUT2D eigenvalue weighted by molar-refractivity contribution is 0.169. The third kappa shape index (κ3) is 5.43. The Morgan fingerprint density at radius 3 is 2.45 bits per heavy atom. The highest BCUT2D eigenvalue weighted by Gasteiger charge is 2.39. The SMILES string of the molecule is CCCN(CC(C)O[Si](C)(C)C(C)(C)C)S(=O)(=O)c1sc2ccc(Cl)cc2c1C. The lowest BCUT2D eigenvalue weighted by atomic mass is 10.2. The smallest absolute Gasteiger partial charge is 0.252 e. The van der Waals surface area contributed by atoms with Gasteiger partial charge in [-0.3, -0.25) is 0 Å². The highest BCUT2D eigenvalue weighted by atomic mass is 35.5. The van der Waals surface area contributed by atoms with Crippen LogP contribution in [-0.4, -0.2) is 40.2 Å². The second-order valence-electron chi connectivity index (χ2n) is 9.21. The third-order valence-electron chi connectivity index (χ3n) is 5.66. The van der Waals surface area contributed by atoms with Crippen LogP contribution in [-0.2, 0) is 14.4 Å². The Labute approximate surface area is 186 Å². The van der Waals surface area contributed by atoms with E-state index in [4.69, 9.17) is 16.0 Å². The molecule has 0 aliphatic carbocycles. The number of fused-ring (bicyclic) bond motifs is 1. The lowest BCUT2D eigenvalue weighted by Gasteiger charge is -2.39. The number of thiophene rings is 1. The molecule has 2 aromatic rings. The Morgan fingerprint density at radius 2 is 1.90 bits per heavy atom. The third-order valence-corrected chi connectivity index (χ3v) is 14.2. The molecule has 1 aromatic heterocycles. The minimum atomic E-state index is -3.61. The second kappa shape index (κ2) is 8.97. The first kappa shape index (κ1) is 24.8. The molecule has 4 nitrogen and oxygen atoms in total. The van der Waals surface area contributed by atoms with Crippen LogP contribution < -0.4 is 0 Å². The summed E-state index contributed by atoms with van der Waals surface area (Å²) in [6, 6.07) is 5.53. The van der Waals surface area contributed by atoms with Crippen LogP contribution in [0, 0.1) is 6.92 Å². The van der Waals surface area contributed by atoms with E-state index in [1.54, 1.807) is 10.4 Å². The van der Waals surface area contributed by atoms with Crippen molar-refractivity contribution in [1.82, 2.24) is 4.31 Å². The van der Waals surface area contributed by atoms with Gasteiger partial charge < -0.3 is 4.43 Å². The molecule has 0 aliphatic rings. The number of rotatable bonds is 8. The molecular formula is C21H34ClNO3S2Si. The van der Waals surface area contributed by atoms with Crippen LogP contribution in [0.5, 0.6) is 0 Å². The van der Waals surface area contributed by atoms with E-state index in [1.165, 1.54) is 11.3 Å². The molecule has 0 spiro atoms. The van der Waals surface area contributed by atoms with Gasteiger partial charge in [0, 0.05) is 22.8 Å². The molecule has 0 aliphatic heterocycles. The van der Waals surface area contributed by atoms with Crippen molar-refractivity contribution in [3.63, 3.8) is 0 Å². The maximum Gasteiger partial charge on any atom is 0.252 e. The van der Waals surface area contributed by atoms with Crippen molar-refractivity contribution < 1.29 is 12.8 Å². The summed E-state index contributed by atoms with van der Waals surface area (Å²) in [5.41, 5.74) is 0.770. The molecule has 164 valence electrons. The Hall–Kier alpha value is -0.443. The minimum Gasteiger partial charge on any atom is -0.413 e. The molecular weight excluding hydrogens is 442 g/mol. The Bertz CT molecular complexity index is 964. The maximum absolute atomic E-state index is 13.6. The van der Waals surface area contributed by atoms with Crippen LogP contribution in [0.2, 0.25) is 23.2 Å². The number of hydrogen-bond acceptors (Lipinski definition) is 4. The molecule has 0 amide bonds. The predicted octanol–water partition coefficient (Wildman–Crippen LogP) is 6.67. The Morgan fingerprint density at radius 1 is 1.28 bits per heavy atom. The van der Waals surface area contributed by atoms with Gasteiger partial charge in [-0.2, -0.15) is 4.31 Å². The molecule has 1 atom stereocenters.